The van der Waals surface area contributed by atoms with Crippen LogP contribution in [0.15, 0.2) is 10.5 Å². The maximum absolute atomic E-state index is 10.9. The zero-order valence-electron chi connectivity index (χ0n) is 12.4. The van der Waals surface area contributed by atoms with Crippen molar-refractivity contribution in [2.75, 3.05) is 7.11 Å². The zero-order chi connectivity index (χ0) is 14.4. The molecule has 0 aromatic heterocycles. The Bertz CT molecular complexity index is 514. The van der Waals surface area contributed by atoms with Crippen molar-refractivity contribution in [3.8, 4) is 5.75 Å². The molecule has 110 valence electrons. The summed E-state index contributed by atoms with van der Waals surface area (Å²) in [5.41, 5.74) is 3.20. The number of fused-ring (bicyclic) bond motifs is 1. The number of aliphatic hydroxyl groups excluding tert-OH is 1. The van der Waals surface area contributed by atoms with Gasteiger partial charge in [-0.25, -0.2) is 0 Å². The summed E-state index contributed by atoms with van der Waals surface area (Å²) in [7, 11) is 1.70. The van der Waals surface area contributed by atoms with E-state index in [0.29, 0.717) is 5.92 Å². The highest BCUT2D eigenvalue weighted by molar-refractivity contribution is 9.10. The molecule has 0 amide bonds. The van der Waals surface area contributed by atoms with E-state index in [4.69, 9.17) is 4.74 Å². The molecular weight excluding hydrogens is 316 g/mol. The van der Waals surface area contributed by atoms with Gasteiger partial charge in [0, 0.05) is 10.0 Å². The maximum atomic E-state index is 10.9. The second-order valence-corrected chi connectivity index (χ2v) is 7.24. The first-order chi connectivity index (χ1) is 9.56. The lowest BCUT2D eigenvalue weighted by Crippen LogP contribution is -2.08. The van der Waals surface area contributed by atoms with Gasteiger partial charge in [-0.3, -0.25) is 0 Å². The third kappa shape index (κ3) is 2.19. The first-order valence-electron chi connectivity index (χ1n) is 7.58. The number of hydrogen-bond donors (Lipinski definition) is 1. The minimum absolute atomic E-state index is 0.380. The van der Waals surface area contributed by atoms with Crippen molar-refractivity contribution in [1.29, 1.82) is 0 Å². The normalized spacial score (nSPS) is 29.8. The molecule has 2 saturated carbocycles. The van der Waals surface area contributed by atoms with Gasteiger partial charge >= 0.3 is 0 Å². The number of aliphatic hydroxyl groups is 1. The van der Waals surface area contributed by atoms with E-state index >= 15 is 0 Å². The Morgan fingerprint density at radius 1 is 1.25 bits per heavy atom. The van der Waals surface area contributed by atoms with Crippen LogP contribution in [-0.4, -0.2) is 12.2 Å². The van der Waals surface area contributed by atoms with Crippen LogP contribution in [0.4, 0.5) is 0 Å². The Hall–Kier alpha value is -0.540. The van der Waals surface area contributed by atoms with Crippen molar-refractivity contribution in [3.05, 3.63) is 27.2 Å². The van der Waals surface area contributed by atoms with Gasteiger partial charge in [0.2, 0.25) is 0 Å². The summed E-state index contributed by atoms with van der Waals surface area (Å²) in [5.74, 6) is 2.78. The van der Waals surface area contributed by atoms with E-state index in [-0.39, 0.29) is 6.10 Å². The average molecular weight is 339 g/mol. The SMILES string of the molecule is COc1c(C)cc(Br)c(C)c1C(O)C1C2CCCCC21. The molecule has 2 aliphatic rings. The topological polar surface area (TPSA) is 29.5 Å². The smallest absolute Gasteiger partial charge is 0.127 e. The molecule has 1 aromatic carbocycles. The Labute approximate surface area is 129 Å². The van der Waals surface area contributed by atoms with E-state index in [1.54, 1.807) is 7.11 Å². The molecule has 20 heavy (non-hydrogen) atoms. The molecule has 2 fully saturated rings. The first-order valence-corrected chi connectivity index (χ1v) is 8.37. The molecule has 3 atom stereocenters. The van der Waals surface area contributed by atoms with Crippen LogP contribution < -0.4 is 4.74 Å². The van der Waals surface area contributed by atoms with Gasteiger partial charge in [-0.05, 0) is 61.6 Å². The lowest BCUT2D eigenvalue weighted by Gasteiger charge is -2.21. The van der Waals surface area contributed by atoms with E-state index in [2.05, 4.69) is 28.9 Å². The summed E-state index contributed by atoms with van der Waals surface area (Å²) in [6.07, 6.45) is 4.87. The number of benzene rings is 1. The predicted molar refractivity (Wildman–Crippen MR) is 84.1 cm³/mol. The number of methoxy groups -OCH3 is 1. The van der Waals surface area contributed by atoms with Crippen LogP contribution >= 0.6 is 15.9 Å². The summed E-state index contributed by atoms with van der Waals surface area (Å²) in [6, 6.07) is 2.07. The molecule has 3 unspecified atom stereocenters. The Morgan fingerprint density at radius 3 is 2.40 bits per heavy atom. The van der Waals surface area contributed by atoms with Gasteiger partial charge in [-0.1, -0.05) is 28.8 Å². The van der Waals surface area contributed by atoms with Crippen LogP contribution in [0.25, 0.3) is 0 Å². The van der Waals surface area contributed by atoms with Gasteiger partial charge in [-0.2, -0.15) is 0 Å². The summed E-state index contributed by atoms with van der Waals surface area (Å²) in [5, 5.41) is 10.9. The van der Waals surface area contributed by atoms with Gasteiger partial charge in [0.05, 0.1) is 13.2 Å². The van der Waals surface area contributed by atoms with Crippen LogP contribution in [0.1, 0.15) is 48.5 Å². The van der Waals surface area contributed by atoms with Crippen molar-refractivity contribution in [2.45, 2.75) is 45.6 Å². The molecule has 0 radical (unpaired) electrons. The molecule has 2 aliphatic carbocycles. The predicted octanol–water partition coefficient (Wildman–Crippen LogP) is 4.54. The Morgan fingerprint density at radius 2 is 1.85 bits per heavy atom. The first kappa shape index (κ1) is 14.4. The van der Waals surface area contributed by atoms with Crippen LogP contribution in [-0.2, 0) is 0 Å². The molecule has 0 saturated heterocycles. The number of hydrogen-bond acceptors (Lipinski definition) is 2. The molecule has 0 spiro atoms. The second-order valence-electron chi connectivity index (χ2n) is 6.38. The fourth-order valence-electron chi connectivity index (χ4n) is 4.21. The van der Waals surface area contributed by atoms with Crippen molar-refractivity contribution in [1.82, 2.24) is 0 Å². The lowest BCUT2D eigenvalue weighted by molar-refractivity contribution is 0.137. The van der Waals surface area contributed by atoms with E-state index in [1.807, 2.05) is 6.92 Å². The molecular formula is C17H23BrO2. The molecule has 3 heteroatoms. The quantitative estimate of drug-likeness (QED) is 0.876. The van der Waals surface area contributed by atoms with Crippen LogP contribution in [0.5, 0.6) is 5.75 Å². The van der Waals surface area contributed by atoms with Crippen molar-refractivity contribution in [2.24, 2.45) is 17.8 Å². The third-order valence-corrected chi connectivity index (χ3v) is 6.12. The van der Waals surface area contributed by atoms with E-state index in [9.17, 15) is 5.11 Å². The van der Waals surface area contributed by atoms with Gasteiger partial charge in [0.15, 0.2) is 0 Å². The summed E-state index contributed by atoms with van der Waals surface area (Å²) in [6.45, 7) is 4.11. The van der Waals surface area contributed by atoms with Crippen molar-refractivity contribution in [3.63, 3.8) is 0 Å². The monoisotopic (exact) mass is 338 g/mol. The standard InChI is InChI=1S/C17H23BrO2/c1-9-8-13(18)10(2)14(17(9)20-3)16(19)15-11-6-4-5-7-12(11)15/h8,11-12,15-16,19H,4-7H2,1-3H3. The highest BCUT2D eigenvalue weighted by atomic mass is 79.9. The van der Waals surface area contributed by atoms with Gasteiger partial charge in [0.25, 0.3) is 0 Å². The molecule has 0 bridgehead atoms. The summed E-state index contributed by atoms with van der Waals surface area (Å²) in [4.78, 5) is 0. The minimum atomic E-state index is -0.380. The minimum Gasteiger partial charge on any atom is -0.496 e. The highest BCUT2D eigenvalue weighted by Gasteiger charge is 2.54. The largest absolute Gasteiger partial charge is 0.496 e. The molecule has 3 rings (SSSR count). The van der Waals surface area contributed by atoms with Gasteiger partial charge in [0.1, 0.15) is 5.75 Å². The van der Waals surface area contributed by atoms with E-state index < -0.39 is 0 Å². The van der Waals surface area contributed by atoms with Crippen molar-refractivity contribution >= 4 is 15.9 Å². The summed E-state index contributed by atoms with van der Waals surface area (Å²) < 4.78 is 6.65. The Balaban J connectivity index is 1.97. The number of aryl methyl sites for hydroxylation is 1. The highest BCUT2D eigenvalue weighted by Crippen LogP contribution is 2.61. The number of halogens is 1. The Kier molecular flexibility index (Phi) is 3.85. The number of ether oxygens (including phenoxy) is 1. The zero-order valence-corrected chi connectivity index (χ0v) is 14.0. The average Bonchev–Trinajstić information content (AvgIpc) is 3.16. The summed E-state index contributed by atoms with van der Waals surface area (Å²) >= 11 is 3.61. The number of rotatable bonds is 3. The molecule has 1 N–H and O–H groups in total. The molecule has 2 nitrogen and oxygen atoms in total. The molecule has 1 aromatic rings. The maximum Gasteiger partial charge on any atom is 0.127 e. The van der Waals surface area contributed by atoms with Gasteiger partial charge in [-0.15, -0.1) is 0 Å². The second kappa shape index (κ2) is 5.34. The van der Waals surface area contributed by atoms with Crippen LogP contribution in [0.2, 0.25) is 0 Å². The van der Waals surface area contributed by atoms with E-state index in [0.717, 1.165) is 38.7 Å². The molecule has 0 aliphatic heterocycles. The van der Waals surface area contributed by atoms with Crippen LogP contribution in [0, 0.1) is 31.6 Å². The molecule has 0 heterocycles. The third-order valence-electron chi connectivity index (χ3n) is 5.30. The van der Waals surface area contributed by atoms with E-state index in [1.165, 1.54) is 25.7 Å². The lowest BCUT2D eigenvalue weighted by atomic mass is 9.95. The van der Waals surface area contributed by atoms with Crippen molar-refractivity contribution < 1.29 is 9.84 Å². The van der Waals surface area contributed by atoms with Gasteiger partial charge < -0.3 is 9.84 Å². The van der Waals surface area contributed by atoms with Crippen LogP contribution in [0.3, 0.4) is 0 Å². The fourth-order valence-corrected chi connectivity index (χ4v) is 4.77. The fraction of sp³-hybridized carbons (Fsp3) is 0.647.